The van der Waals surface area contributed by atoms with Crippen molar-refractivity contribution in [3.63, 3.8) is 0 Å². The van der Waals surface area contributed by atoms with E-state index in [0.717, 1.165) is 24.2 Å². The molecule has 1 aromatic rings. The third-order valence-electron chi connectivity index (χ3n) is 4.90. The van der Waals surface area contributed by atoms with Crippen LogP contribution in [-0.2, 0) is 14.4 Å². The fraction of sp³-hybridized carbons (Fsp3) is 0.444. The number of carbonyl (C=O) groups excluding carboxylic acids is 4. The number of nitrogens with one attached hydrogen (secondary N) is 3. The molecule has 1 saturated carbocycles. The van der Waals surface area contributed by atoms with E-state index in [-0.39, 0.29) is 12.5 Å². The summed E-state index contributed by atoms with van der Waals surface area (Å²) in [5.41, 5.74) is -0.558. The van der Waals surface area contributed by atoms with E-state index in [1.807, 2.05) is 0 Å². The minimum Gasteiger partial charge on any atom is -0.345 e. The fourth-order valence-corrected chi connectivity index (χ4v) is 3.82. The Hall–Kier alpha value is -2.32. The number of amides is 5. The van der Waals surface area contributed by atoms with Crippen molar-refractivity contribution in [1.82, 2.24) is 15.5 Å². The van der Waals surface area contributed by atoms with Crippen molar-refractivity contribution in [2.45, 2.75) is 37.6 Å². The summed E-state index contributed by atoms with van der Waals surface area (Å²) in [5.74, 6) is -1.50. The number of urea groups is 1. The summed E-state index contributed by atoms with van der Waals surface area (Å²) in [5, 5.41) is 8.37. The maximum Gasteiger partial charge on any atom is 0.325 e. The first-order valence-electron chi connectivity index (χ1n) is 8.96. The van der Waals surface area contributed by atoms with Gasteiger partial charge in [-0.15, -0.1) is 0 Å². The molecule has 2 fully saturated rings. The summed E-state index contributed by atoms with van der Waals surface area (Å²) in [4.78, 5) is 49.8. The van der Waals surface area contributed by atoms with E-state index in [1.165, 1.54) is 12.1 Å². The standard InChI is InChI=1S/C18H20Cl2N4O4/c19-11-4-5-12(20)13(8-11)22-14(25)9-21-15(26)10-24-16(27)18(23-17(24)28)6-2-1-3-7-18/h4-5,8H,1-3,6-7,9-10H2,(H,21,26)(H,22,25)(H,23,28). The highest BCUT2D eigenvalue weighted by molar-refractivity contribution is 6.35. The van der Waals surface area contributed by atoms with E-state index in [2.05, 4.69) is 16.0 Å². The Bertz CT molecular complexity index is 824. The molecule has 0 unspecified atom stereocenters. The lowest BCUT2D eigenvalue weighted by Gasteiger charge is -2.30. The van der Waals surface area contributed by atoms with Crippen LogP contribution in [0.1, 0.15) is 32.1 Å². The van der Waals surface area contributed by atoms with Gasteiger partial charge in [-0.25, -0.2) is 4.79 Å². The molecular weight excluding hydrogens is 407 g/mol. The molecule has 3 rings (SSSR count). The third-order valence-corrected chi connectivity index (χ3v) is 5.47. The SMILES string of the molecule is O=C(CN1C(=O)NC2(CCCCC2)C1=O)NCC(=O)Nc1cc(Cl)ccc1Cl. The molecule has 0 radical (unpaired) electrons. The largest absolute Gasteiger partial charge is 0.345 e. The van der Waals surface area contributed by atoms with E-state index in [9.17, 15) is 19.2 Å². The van der Waals surface area contributed by atoms with Gasteiger partial charge in [-0.2, -0.15) is 0 Å². The van der Waals surface area contributed by atoms with Crippen LogP contribution < -0.4 is 16.0 Å². The Kier molecular flexibility index (Phi) is 6.10. The number of carbonyl (C=O) groups is 4. The van der Waals surface area contributed by atoms with Gasteiger partial charge in [-0.05, 0) is 31.0 Å². The summed E-state index contributed by atoms with van der Waals surface area (Å²) in [6.45, 7) is -0.770. The highest BCUT2D eigenvalue weighted by atomic mass is 35.5. The molecule has 0 aromatic heterocycles. The van der Waals surface area contributed by atoms with Crippen LogP contribution in [0, 0.1) is 0 Å². The molecule has 1 saturated heterocycles. The number of nitrogens with zero attached hydrogens (tertiary/aromatic N) is 1. The molecule has 150 valence electrons. The predicted molar refractivity (Wildman–Crippen MR) is 104 cm³/mol. The van der Waals surface area contributed by atoms with Crippen molar-refractivity contribution in [1.29, 1.82) is 0 Å². The summed E-state index contributed by atoms with van der Waals surface area (Å²) >= 11 is 11.8. The average Bonchev–Trinajstić information content (AvgIpc) is 2.87. The fourth-order valence-electron chi connectivity index (χ4n) is 3.48. The van der Waals surface area contributed by atoms with Gasteiger partial charge in [-0.1, -0.05) is 42.5 Å². The van der Waals surface area contributed by atoms with Gasteiger partial charge in [0.1, 0.15) is 12.1 Å². The van der Waals surface area contributed by atoms with Gasteiger partial charge in [0, 0.05) is 5.02 Å². The molecular formula is C18H20Cl2N4O4. The third kappa shape index (κ3) is 4.39. The van der Waals surface area contributed by atoms with E-state index >= 15 is 0 Å². The summed E-state index contributed by atoms with van der Waals surface area (Å²) in [6, 6.07) is 4.03. The van der Waals surface area contributed by atoms with Crippen molar-refractivity contribution < 1.29 is 19.2 Å². The monoisotopic (exact) mass is 426 g/mol. The van der Waals surface area contributed by atoms with E-state index in [4.69, 9.17) is 23.2 Å². The molecule has 1 spiro atoms. The molecule has 5 amide bonds. The van der Waals surface area contributed by atoms with Crippen molar-refractivity contribution in [3.8, 4) is 0 Å². The lowest BCUT2D eigenvalue weighted by molar-refractivity contribution is -0.136. The Morgan fingerprint density at radius 1 is 1.11 bits per heavy atom. The molecule has 8 nitrogen and oxygen atoms in total. The summed E-state index contributed by atoms with van der Waals surface area (Å²) in [6.07, 6.45) is 3.91. The molecule has 1 aliphatic heterocycles. The Balaban J connectivity index is 1.51. The minimum absolute atomic E-state index is 0.307. The smallest absolute Gasteiger partial charge is 0.325 e. The quantitative estimate of drug-likeness (QED) is 0.627. The zero-order chi connectivity index (χ0) is 20.3. The first kappa shape index (κ1) is 20.4. The molecule has 0 bridgehead atoms. The molecule has 3 N–H and O–H groups in total. The normalized spacial score (nSPS) is 18.1. The van der Waals surface area contributed by atoms with Gasteiger partial charge < -0.3 is 16.0 Å². The maximum atomic E-state index is 12.6. The van der Waals surface area contributed by atoms with E-state index in [1.54, 1.807) is 6.07 Å². The topological polar surface area (TPSA) is 108 Å². The van der Waals surface area contributed by atoms with Crippen molar-refractivity contribution in [2.24, 2.45) is 0 Å². The van der Waals surface area contributed by atoms with Gasteiger partial charge in [0.25, 0.3) is 5.91 Å². The first-order chi connectivity index (χ1) is 13.3. The molecule has 1 heterocycles. The number of halogens is 2. The van der Waals surface area contributed by atoms with Crippen molar-refractivity contribution in [3.05, 3.63) is 28.2 Å². The number of hydrogen-bond donors (Lipinski definition) is 3. The zero-order valence-electron chi connectivity index (χ0n) is 15.0. The molecule has 0 atom stereocenters. The number of benzene rings is 1. The van der Waals surface area contributed by atoms with Gasteiger partial charge in [0.15, 0.2) is 0 Å². The highest BCUT2D eigenvalue weighted by Crippen LogP contribution is 2.33. The minimum atomic E-state index is -0.879. The maximum absolute atomic E-state index is 12.6. The second kappa shape index (κ2) is 8.36. The van der Waals surface area contributed by atoms with Crippen LogP contribution in [0.4, 0.5) is 10.5 Å². The van der Waals surface area contributed by atoms with Crippen LogP contribution in [0.3, 0.4) is 0 Å². The number of rotatable bonds is 5. The number of hydrogen-bond acceptors (Lipinski definition) is 4. The predicted octanol–water partition coefficient (Wildman–Crippen LogP) is 2.30. The first-order valence-corrected chi connectivity index (χ1v) is 9.72. The Morgan fingerprint density at radius 2 is 1.82 bits per heavy atom. The number of imide groups is 1. The number of anilines is 1. The van der Waals surface area contributed by atoms with Gasteiger partial charge in [0.05, 0.1) is 17.3 Å². The van der Waals surface area contributed by atoms with Gasteiger partial charge >= 0.3 is 6.03 Å². The Labute approximate surface area is 171 Å². The van der Waals surface area contributed by atoms with Crippen LogP contribution in [-0.4, -0.2) is 47.3 Å². The second-order valence-electron chi connectivity index (χ2n) is 6.91. The van der Waals surface area contributed by atoms with Gasteiger partial charge in [-0.3, -0.25) is 19.3 Å². The lowest BCUT2D eigenvalue weighted by Crippen LogP contribution is -2.49. The molecule has 1 aliphatic carbocycles. The Morgan fingerprint density at radius 3 is 2.54 bits per heavy atom. The average molecular weight is 427 g/mol. The second-order valence-corrected chi connectivity index (χ2v) is 7.76. The van der Waals surface area contributed by atoms with Crippen LogP contribution in [0.5, 0.6) is 0 Å². The van der Waals surface area contributed by atoms with Crippen molar-refractivity contribution >= 4 is 52.6 Å². The highest BCUT2D eigenvalue weighted by Gasteiger charge is 2.51. The van der Waals surface area contributed by atoms with Crippen LogP contribution in [0.2, 0.25) is 10.0 Å². The molecule has 2 aliphatic rings. The van der Waals surface area contributed by atoms with E-state index < -0.39 is 29.9 Å². The summed E-state index contributed by atoms with van der Waals surface area (Å²) < 4.78 is 0. The molecule has 28 heavy (non-hydrogen) atoms. The van der Waals surface area contributed by atoms with Crippen molar-refractivity contribution in [2.75, 3.05) is 18.4 Å². The van der Waals surface area contributed by atoms with Gasteiger partial charge in [0.2, 0.25) is 11.8 Å². The summed E-state index contributed by atoms with van der Waals surface area (Å²) in [7, 11) is 0. The molecule has 1 aromatic carbocycles. The lowest BCUT2D eigenvalue weighted by atomic mass is 9.82. The van der Waals surface area contributed by atoms with Crippen LogP contribution >= 0.6 is 23.2 Å². The van der Waals surface area contributed by atoms with E-state index in [0.29, 0.717) is 28.6 Å². The van der Waals surface area contributed by atoms with Crippen LogP contribution in [0.25, 0.3) is 0 Å². The van der Waals surface area contributed by atoms with Crippen LogP contribution in [0.15, 0.2) is 18.2 Å². The molecule has 10 heteroatoms. The zero-order valence-corrected chi connectivity index (χ0v) is 16.5.